The molecule has 0 bridgehead atoms. The second-order valence-corrected chi connectivity index (χ2v) is 46.5. The molecule has 20 heterocycles. The van der Waals surface area contributed by atoms with Gasteiger partial charge in [-0.3, -0.25) is 9.59 Å². The number of carbonyl (C=O) groups excluding carboxylic acids is 4. The molecule has 13 aliphatic rings. The van der Waals surface area contributed by atoms with E-state index in [0.29, 0.717) is 52.1 Å². The predicted molar refractivity (Wildman–Crippen MR) is 597 cm³/mol. The van der Waals surface area contributed by atoms with E-state index in [1.165, 1.54) is 151 Å². The first-order chi connectivity index (χ1) is 72.3. The number of rotatable bonds is 9. The van der Waals surface area contributed by atoms with Gasteiger partial charge < -0.3 is 105 Å². The Labute approximate surface area is 899 Å². The summed E-state index contributed by atoms with van der Waals surface area (Å²) in [6, 6.07) is 2.27. The van der Waals surface area contributed by atoms with Gasteiger partial charge in [0, 0.05) is 152 Å². The van der Waals surface area contributed by atoms with Gasteiger partial charge in [-0.2, -0.15) is 5.26 Å². The first kappa shape index (κ1) is 107. The van der Waals surface area contributed by atoms with Crippen molar-refractivity contribution < 1.29 is 52.3 Å². The molecular weight excluding hydrogens is 2030 g/mol. The highest BCUT2D eigenvalue weighted by Gasteiger charge is 2.37. The number of ether oxygens (including phenoxy) is 7. The van der Waals surface area contributed by atoms with Gasteiger partial charge in [0.15, 0.2) is 0 Å². The number of nitriles is 1. The monoisotopic (exact) mass is 2170 g/mol. The number of nitrogen functional groups attached to an aromatic ring is 1. The second-order valence-electron chi connectivity index (χ2n) is 41.5. The number of fused-ring (bicyclic) bond motifs is 19. The minimum Gasteiger partial charge on any atom is -0.444 e. The molecule has 8 N–H and O–H groups in total. The quantitative estimate of drug-likeness (QED) is 0.0509. The van der Waals surface area contributed by atoms with Gasteiger partial charge in [-0.1, -0.05) is 23.8 Å². The number of hydrogen-bond donors (Lipinski definition) is 5. The molecule has 5 aliphatic carbocycles. The van der Waals surface area contributed by atoms with Crippen molar-refractivity contribution in [2.45, 2.75) is 200 Å². The highest BCUT2D eigenvalue weighted by atomic mass is 35.5. The highest BCUT2D eigenvalue weighted by molar-refractivity contribution is 7.71. The Bertz CT molecular complexity index is 6950. The van der Waals surface area contributed by atoms with E-state index >= 15 is 0 Å². The molecule has 0 saturated carbocycles. The van der Waals surface area contributed by atoms with Crippen molar-refractivity contribution in [3.05, 3.63) is 94.9 Å². The van der Waals surface area contributed by atoms with Crippen LogP contribution in [-0.4, -0.2) is 303 Å². The first-order valence-electron chi connectivity index (χ1n) is 53.1. The van der Waals surface area contributed by atoms with Crippen LogP contribution in [0.2, 0.25) is 5.15 Å². The first-order valence-corrected chi connectivity index (χ1v) is 57.7. The number of aryl methyl sites for hydroxylation is 4. The highest BCUT2D eigenvalue weighted by Crippen LogP contribution is 2.49. The number of anilines is 8. The van der Waals surface area contributed by atoms with Crippen molar-refractivity contribution >= 4 is 223 Å². The smallest absolute Gasteiger partial charge is 0.410 e. The number of aromatic nitrogens is 11. The van der Waals surface area contributed by atoms with Gasteiger partial charge in [0.25, 0.3) is 5.91 Å². The van der Waals surface area contributed by atoms with E-state index in [1.807, 2.05) is 41.5 Å². The van der Waals surface area contributed by atoms with Crippen LogP contribution in [0.4, 0.5) is 56.0 Å². The molecule has 8 fully saturated rings. The van der Waals surface area contributed by atoms with Gasteiger partial charge in [-0.25, -0.2) is 59.4 Å². The molecule has 796 valence electrons. The molecule has 0 spiro atoms. The van der Waals surface area contributed by atoms with Gasteiger partial charge in [-0.15, -0.1) is 56.9 Å². The lowest BCUT2D eigenvalue weighted by Crippen LogP contribution is -2.50. The van der Waals surface area contributed by atoms with Crippen LogP contribution in [0.5, 0.6) is 0 Å². The van der Waals surface area contributed by atoms with Gasteiger partial charge in [0.1, 0.15) is 117 Å². The number of pyridine rings is 5. The molecule has 0 radical (unpaired) electrons. The molecule has 0 unspecified atom stereocenters. The fourth-order valence-electron chi connectivity index (χ4n) is 22.3. The number of nitrogens with two attached hydrogens (primary N) is 3. The van der Waals surface area contributed by atoms with E-state index in [1.54, 1.807) is 62.8 Å². The van der Waals surface area contributed by atoms with Crippen LogP contribution in [0.3, 0.4) is 0 Å². The topological polar surface area (TPSA) is 421 Å². The van der Waals surface area contributed by atoms with Crippen LogP contribution < -0.4 is 56.8 Å². The number of piperazine rings is 2. The Morgan fingerprint density at radius 3 is 1.10 bits per heavy atom. The summed E-state index contributed by atoms with van der Waals surface area (Å²) in [6.45, 7) is 36.3. The molecule has 25 rings (SSSR count). The Hall–Kier alpha value is -10.5. The Morgan fingerprint density at radius 2 is 0.725 bits per heavy atom. The normalized spacial score (nSPS) is 18.6. The maximum Gasteiger partial charge on any atom is 0.410 e. The summed E-state index contributed by atoms with van der Waals surface area (Å²) < 4.78 is 42.2. The SMILES string of the molecule is CC(C)(C)OC(=O)N1CCCCC1.CC(C)(C)OC(=O)N1CCN(c2ncnc3c2sc2nc(N4CCOCC4)c4c(c23)CCCC4)CC1.Clc1ncnc2c1sc1nc(N3CCOCC3)c3c(c12)CCCC3.N#Cc1c2c(c(N3CCOCC3)[nH]c1=S)CCCC2.NC(=O)CCl.NC(=O)c1sc2nc(N3CCOCC3)c3c(c2c1N)CCCC3.c1nc(N2CCNCC2)c2sc3nc(N4CCOCC4)c4c(c3c2n1)CCCC4. The van der Waals surface area contributed by atoms with Crippen LogP contribution in [0, 0.1) is 16.0 Å². The van der Waals surface area contributed by atoms with Crippen molar-refractivity contribution in [2.24, 2.45) is 11.5 Å². The Morgan fingerprint density at radius 1 is 0.403 bits per heavy atom. The number of nitrogens with zero attached hydrogens (tertiary/aromatic N) is 20. The summed E-state index contributed by atoms with van der Waals surface area (Å²) in [4.78, 5) is 121. The van der Waals surface area contributed by atoms with Gasteiger partial charge >= 0.3 is 12.2 Å². The van der Waals surface area contributed by atoms with Crippen molar-refractivity contribution in [1.29, 1.82) is 5.26 Å². The molecule has 12 aromatic rings. The number of piperidine rings is 1. The fraction of sp³-hybridized carbons (Fsp3) is 0.585. The van der Waals surface area contributed by atoms with E-state index in [-0.39, 0.29) is 23.7 Å². The van der Waals surface area contributed by atoms with Crippen LogP contribution in [0.15, 0.2) is 19.0 Å². The van der Waals surface area contributed by atoms with E-state index in [4.69, 9.17) is 120 Å². The molecule has 8 aliphatic heterocycles. The van der Waals surface area contributed by atoms with Crippen molar-refractivity contribution in [2.75, 3.05) is 243 Å². The zero-order valence-corrected chi connectivity index (χ0v) is 92.0. The summed E-state index contributed by atoms with van der Waals surface area (Å²) in [5, 5.41) is 17.9. The molecule has 36 nitrogen and oxygen atoms in total. The summed E-state index contributed by atoms with van der Waals surface area (Å²) in [6.07, 6.45) is 30.7. The minimum absolute atomic E-state index is 0.0833. The molecule has 8 saturated heterocycles. The lowest BCUT2D eigenvalue weighted by molar-refractivity contribution is -0.115. The number of amides is 4. The number of carbonyl (C=O) groups is 4. The van der Waals surface area contributed by atoms with E-state index in [9.17, 15) is 24.4 Å². The maximum atomic E-state index is 12.5. The summed E-state index contributed by atoms with van der Waals surface area (Å²) in [5.41, 5.74) is 33.3. The van der Waals surface area contributed by atoms with Crippen molar-refractivity contribution in [3.8, 4) is 6.07 Å². The predicted octanol–water partition coefficient (Wildman–Crippen LogP) is 16.1. The van der Waals surface area contributed by atoms with Crippen LogP contribution >= 0.6 is 80.8 Å². The number of nitrogens with one attached hydrogen (secondary N) is 2. The number of thiophene rings is 4. The standard InChI is InChI=1S/C26H34N6O3S.C21H26N6OS.C17H17ClN4OS.C16H20N4O2S.C14H17N3OS.C10H19NO2.C2H4ClNO/c1-26(2,3)35-25(33)32-10-8-30(9-11-32)23-21-20(27-16-28-23)19-17-6-4-5-7-18(17)22(29-24(19)36-21)31-12-14-34-15-13-31;1-2-4-15-14(3-1)16-17-18(20(24-13-23-17)26-7-5-22-6-8-26)29-21(16)25-19(15)27-9-11-28-12-10-27;18-15-14-13(19-9-20-15)12-10-3-1-2-4-11(10)16(21-17(12)24-14)22-5-7-23-8-6-22;17-12-11-9-3-1-2-4-10(9)15(20-5-7-22-8-6-20)19-16(11)23-13(12)14(18)21;15-9-12-10-3-1-2-4-11(10)13(16-14(12)19)17-5-7-18-8-6-17;1-10(2,3)13-9(12)11-7-5-4-6-8-11;3-1-2(4)5/h16H,4-15H2,1-3H3;13,22H,1-12H2;9H,1-8H2;1-8,17H2,(H2,18,21);1-8H2,(H,16,19);4-8H2,1-3H3;1H2,(H2,4,5). The zero-order chi connectivity index (χ0) is 104. The Balaban J connectivity index is 0.000000114. The number of alkyl halides is 1. The van der Waals surface area contributed by atoms with E-state index < -0.39 is 17.4 Å². The fourth-order valence-corrected chi connectivity index (χ4v) is 27.2. The summed E-state index contributed by atoms with van der Waals surface area (Å²) in [7, 11) is 0. The van der Waals surface area contributed by atoms with Crippen LogP contribution in [-0.2, 0) is 102 Å². The third kappa shape index (κ3) is 24.3. The number of H-pyrrole nitrogens is 1. The molecule has 12 aromatic heterocycles. The minimum atomic E-state index is -0.490. The van der Waals surface area contributed by atoms with Gasteiger partial charge in [-0.05, 0) is 245 Å². The molecule has 4 amide bonds. The molecule has 0 atom stereocenters. The Kier molecular flexibility index (Phi) is 34.9. The number of morpholine rings is 5. The van der Waals surface area contributed by atoms with E-state index in [0.717, 1.165) is 346 Å². The average molecular weight is 2170 g/mol. The number of aromatic amines is 1. The van der Waals surface area contributed by atoms with Gasteiger partial charge in [0.2, 0.25) is 5.91 Å². The average Bonchev–Trinajstić information content (AvgIpc) is 1.59. The van der Waals surface area contributed by atoms with Crippen molar-refractivity contribution in [1.82, 2.24) is 69.9 Å². The molecule has 149 heavy (non-hydrogen) atoms. The maximum absolute atomic E-state index is 12.5. The van der Waals surface area contributed by atoms with Gasteiger partial charge in [0.05, 0.1) is 108 Å². The number of likely N-dealkylation sites (tertiary alicyclic amines) is 1. The molecule has 43 heteroatoms. The molecular formula is C106H137Cl2N25O11S5. The lowest BCUT2D eigenvalue weighted by Gasteiger charge is -2.36. The largest absolute Gasteiger partial charge is 0.444 e. The summed E-state index contributed by atoms with van der Waals surface area (Å²) >= 11 is 22.9. The van der Waals surface area contributed by atoms with Crippen LogP contribution in [0.25, 0.3) is 71.5 Å². The number of hydrogen-bond acceptors (Lipinski definition) is 36. The zero-order valence-electron chi connectivity index (χ0n) is 86.4. The van der Waals surface area contributed by atoms with Crippen molar-refractivity contribution in [3.63, 3.8) is 0 Å². The second kappa shape index (κ2) is 48.7. The van der Waals surface area contributed by atoms with Crippen LogP contribution in [0.1, 0.15) is 196 Å². The third-order valence-corrected chi connectivity index (χ3v) is 34.7. The summed E-state index contributed by atoms with van der Waals surface area (Å²) in [5.74, 6) is 6.66. The lowest BCUT2D eigenvalue weighted by atomic mass is 9.89. The number of primary amides is 2. The third-order valence-electron chi connectivity index (χ3n) is 29.4. The number of halogens is 2. The van der Waals surface area contributed by atoms with E-state index in [2.05, 4.69) is 66.4 Å². The molecule has 0 aromatic carbocycles.